The number of halogens is 3. The third-order valence-electron chi connectivity index (χ3n) is 4.87. The highest BCUT2D eigenvalue weighted by Gasteiger charge is 2.38. The molecule has 1 amide bonds. The summed E-state index contributed by atoms with van der Waals surface area (Å²) in [7, 11) is -2.31. The lowest BCUT2D eigenvalue weighted by atomic mass is 10.3. The number of nitrogens with one attached hydrogen (secondary N) is 1. The second kappa shape index (κ2) is 8.90. The van der Waals surface area contributed by atoms with E-state index in [9.17, 15) is 26.4 Å². The molecule has 2 heterocycles. The van der Waals surface area contributed by atoms with E-state index < -0.39 is 27.9 Å². The van der Waals surface area contributed by atoms with Crippen molar-refractivity contribution < 1.29 is 31.1 Å². The number of sulfonamides is 1. The van der Waals surface area contributed by atoms with Crippen molar-refractivity contribution in [2.45, 2.75) is 36.9 Å². The molecule has 1 aliphatic heterocycles. The van der Waals surface area contributed by atoms with Gasteiger partial charge < -0.3 is 14.6 Å². The number of nitrogens with zero attached hydrogens (tertiary/aromatic N) is 3. The highest BCUT2D eigenvalue weighted by atomic mass is 32.2. The summed E-state index contributed by atoms with van der Waals surface area (Å²) < 4.78 is 73.0. The number of carbonyl (C=O) groups is 1. The van der Waals surface area contributed by atoms with Crippen molar-refractivity contribution in [2.24, 2.45) is 0 Å². The van der Waals surface area contributed by atoms with E-state index in [1.165, 1.54) is 23.5 Å². The minimum atomic E-state index is -4.75. The summed E-state index contributed by atoms with van der Waals surface area (Å²) >= 11 is 0. The average molecular weight is 448 g/mol. The predicted octanol–water partition coefficient (Wildman–Crippen LogP) is 1.99. The Morgan fingerprint density at radius 3 is 2.60 bits per heavy atom. The quantitative estimate of drug-likeness (QED) is 0.624. The lowest BCUT2D eigenvalue weighted by molar-refractivity contribution is -0.147. The summed E-state index contributed by atoms with van der Waals surface area (Å²) in [5, 5.41) is 2.55. The summed E-state index contributed by atoms with van der Waals surface area (Å²) in [6.45, 7) is 1.08. The Morgan fingerprint density at radius 1 is 1.27 bits per heavy atom. The van der Waals surface area contributed by atoms with E-state index in [2.05, 4.69) is 10.3 Å². The molecule has 1 N–H and O–H groups in total. The van der Waals surface area contributed by atoms with E-state index in [0.717, 1.165) is 23.5 Å². The molecule has 166 valence electrons. The Hall–Kier alpha value is -2.18. The van der Waals surface area contributed by atoms with Gasteiger partial charge in [-0.1, -0.05) is 0 Å². The zero-order valence-corrected chi connectivity index (χ0v) is 17.2. The number of imidazole rings is 1. The van der Waals surface area contributed by atoms with Crippen LogP contribution in [0.25, 0.3) is 11.0 Å². The molecule has 1 fully saturated rings. The molecule has 8 nitrogen and oxygen atoms in total. The van der Waals surface area contributed by atoms with Crippen molar-refractivity contribution >= 4 is 27.0 Å². The van der Waals surface area contributed by atoms with Crippen LogP contribution < -0.4 is 5.32 Å². The molecule has 0 bridgehead atoms. The lowest BCUT2D eigenvalue weighted by Gasteiger charge is -2.15. The van der Waals surface area contributed by atoms with Crippen LogP contribution >= 0.6 is 0 Å². The number of rotatable bonds is 8. The number of carbonyl (C=O) groups excluding carboxylic acids is 1. The van der Waals surface area contributed by atoms with Gasteiger partial charge in [0.2, 0.25) is 21.8 Å². The molecular formula is C18H23F3N4O4S. The Labute approximate surface area is 172 Å². The Morgan fingerprint density at radius 2 is 1.97 bits per heavy atom. The third-order valence-corrected chi connectivity index (χ3v) is 6.76. The van der Waals surface area contributed by atoms with Crippen LogP contribution in [0.3, 0.4) is 0 Å². The van der Waals surface area contributed by atoms with Gasteiger partial charge in [0.05, 0.1) is 22.5 Å². The van der Waals surface area contributed by atoms with Gasteiger partial charge in [-0.15, -0.1) is 0 Å². The highest BCUT2D eigenvalue weighted by Crippen LogP contribution is 2.33. The molecule has 0 spiro atoms. The van der Waals surface area contributed by atoms with Crippen LogP contribution in [0.1, 0.15) is 25.1 Å². The van der Waals surface area contributed by atoms with Crippen molar-refractivity contribution in [3.05, 3.63) is 24.0 Å². The van der Waals surface area contributed by atoms with E-state index in [1.54, 1.807) is 0 Å². The van der Waals surface area contributed by atoms with Crippen LogP contribution in [-0.2, 0) is 32.3 Å². The molecule has 0 saturated carbocycles. The number of alkyl halides is 3. The summed E-state index contributed by atoms with van der Waals surface area (Å²) in [6, 6.07) is 3.75. The van der Waals surface area contributed by atoms with E-state index in [4.69, 9.17) is 4.74 Å². The summed E-state index contributed by atoms with van der Waals surface area (Å²) in [6.07, 6.45) is -3.44. The molecule has 1 aliphatic rings. The van der Waals surface area contributed by atoms with Crippen molar-refractivity contribution in [2.75, 3.05) is 33.4 Å². The first kappa shape index (κ1) is 22.5. The maximum atomic E-state index is 13.5. The molecule has 12 heteroatoms. The van der Waals surface area contributed by atoms with E-state index >= 15 is 0 Å². The molecule has 0 radical (unpaired) electrons. The first-order chi connectivity index (χ1) is 14.1. The van der Waals surface area contributed by atoms with Crippen molar-refractivity contribution in [3.63, 3.8) is 0 Å². The molecule has 30 heavy (non-hydrogen) atoms. The molecule has 1 saturated heterocycles. The molecule has 2 aromatic rings. The number of amides is 1. The molecule has 0 unspecified atom stereocenters. The Bertz CT molecular complexity index is 1010. The van der Waals surface area contributed by atoms with Gasteiger partial charge in [-0.25, -0.2) is 13.4 Å². The maximum Gasteiger partial charge on any atom is 0.449 e. The first-order valence-corrected chi connectivity index (χ1v) is 10.9. The van der Waals surface area contributed by atoms with Crippen molar-refractivity contribution in [1.82, 2.24) is 19.2 Å². The Balaban J connectivity index is 1.91. The number of methoxy groups -OCH3 is 1. The van der Waals surface area contributed by atoms with E-state index in [0.29, 0.717) is 19.7 Å². The van der Waals surface area contributed by atoms with Crippen LogP contribution in [0, 0.1) is 0 Å². The van der Waals surface area contributed by atoms with Gasteiger partial charge in [-0.2, -0.15) is 17.5 Å². The standard InChI is InChI=1S/C18H23F3N4O4S/c1-29-11-7-22-16(26)6-10-25-15-5-4-13(30(27,28)24-8-2-3-9-24)12-14(15)23-17(25)18(19,20)21/h4-5,12H,2-3,6-11H2,1H3,(H,22,26). The summed E-state index contributed by atoms with van der Waals surface area (Å²) in [4.78, 5) is 15.4. The molecule has 3 rings (SSSR count). The number of fused-ring (bicyclic) bond motifs is 1. The second-order valence-electron chi connectivity index (χ2n) is 6.94. The minimum absolute atomic E-state index is 0.0811. The first-order valence-electron chi connectivity index (χ1n) is 9.48. The molecule has 1 aromatic carbocycles. The smallest absolute Gasteiger partial charge is 0.383 e. The van der Waals surface area contributed by atoms with Crippen LogP contribution in [-0.4, -0.2) is 61.5 Å². The van der Waals surface area contributed by atoms with Crippen molar-refractivity contribution in [3.8, 4) is 0 Å². The molecular weight excluding hydrogens is 425 g/mol. The minimum Gasteiger partial charge on any atom is -0.383 e. The largest absolute Gasteiger partial charge is 0.449 e. The Kier molecular flexibility index (Phi) is 6.68. The van der Waals surface area contributed by atoms with Gasteiger partial charge >= 0.3 is 6.18 Å². The van der Waals surface area contributed by atoms with E-state index in [-0.39, 0.29) is 35.4 Å². The lowest BCUT2D eigenvalue weighted by Crippen LogP contribution is -2.28. The zero-order valence-electron chi connectivity index (χ0n) is 16.4. The van der Waals surface area contributed by atoms with Gasteiger partial charge in [-0.3, -0.25) is 4.79 Å². The van der Waals surface area contributed by atoms with Crippen LogP contribution in [0.4, 0.5) is 13.2 Å². The van der Waals surface area contributed by atoms with Crippen molar-refractivity contribution in [1.29, 1.82) is 0 Å². The SMILES string of the molecule is COCCNC(=O)CCn1c(C(F)(F)F)nc2cc(S(=O)(=O)N3CCCC3)ccc21. The van der Waals surface area contributed by atoms with Crippen LogP contribution in [0.15, 0.2) is 23.1 Å². The normalized spacial score (nSPS) is 15.7. The monoisotopic (exact) mass is 448 g/mol. The number of aromatic nitrogens is 2. The van der Waals surface area contributed by atoms with Gasteiger partial charge in [0.1, 0.15) is 0 Å². The van der Waals surface area contributed by atoms with E-state index in [1.807, 2.05) is 0 Å². The third kappa shape index (κ3) is 4.76. The molecule has 0 atom stereocenters. The summed E-state index contributed by atoms with van der Waals surface area (Å²) in [5.41, 5.74) is 0.0368. The number of ether oxygens (including phenoxy) is 1. The highest BCUT2D eigenvalue weighted by molar-refractivity contribution is 7.89. The predicted molar refractivity (Wildman–Crippen MR) is 102 cm³/mol. The van der Waals surface area contributed by atoms with Crippen LogP contribution in [0.5, 0.6) is 0 Å². The van der Waals surface area contributed by atoms with Crippen LogP contribution in [0.2, 0.25) is 0 Å². The fraction of sp³-hybridized carbons (Fsp3) is 0.556. The number of aryl methyl sites for hydroxylation is 1. The maximum absolute atomic E-state index is 13.5. The number of hydrogen-bond acceptors (Lipinski definition) is 5. The topological polar surface area (TPSA) is 93.5 Å². The number of benzene rings is 1. The molecule has 1 aromatic heterocycles. The van der Waals surface area contributed by atoms with Gasteiger partial charge in [-0.05, 0) is 31.0 Å². The number of hydrogen-bond donors (Lipinski definition) is 1. The zero-order chi connectivity index (χ0) is 21.9. The average Bonchev–Trinajstić information content (AvgIpc) is 3.34. The molecule has 0 aliphatic carbocycles. The summed E-state index contributed by atoms with van der Waals surface area (Å²) in [5.74, 6) is -1.59. The van der Waals surface area contributed by atoms with Gasteiger partial charge in [0, 0.05) is 39.7 Å². The second-order valence-corrected chi connectivity index (χ2v) is 8.88. The fourth-order valence-corrected chi connectivity index (χ4v) is 4.92. The fourth-order valence-electron chi connectivity index (χ4n) is 3.38. The van der Waals surface area contributed by atoms with Gasteiger partial charge in [0.25, 0.3) is 0 Å². The van der Waals surface area contributed by atoms with Gasteiger partial charge in [0.15, 0.2) is 0 Å².